The van der Waals surface area contributed by atoms with Crippen LogP contribution in [-0.2, 0) is 4.74 Å². The lowest BCUT2D eigenvalue weighted by atomic mass is 10.4. The van der Waals surface area contributed by atoms with Gasteiger partial charge in [-0.3, -0.25) is 0 Å². The number of thioether (sulfide) groups is 1. The molecule has 60 valence electrons. The fraction of sp³-hybridized carbons (Fsp3) is 0.286. The van der Waals surface area contributed by atoms with Gasteiger partial charge in [0.1, 0.15) is 5.69 Å². The molecule has 0 amide bonds. The Morgan fingerprint density at radius 3 is 2.91 bits per heavy atom. The zero-order chi connectivity index (χ0) is 8.27. The van der Waals surface area contributed by atoms with Gasteiger partial charge in [0.2, 0.25) is 0 Å². The van der Waals surface area contributed by atoms with E-state index in [0.717, 1.165) is 4.90 Å². The number of nitrogens with one attached hydrogen (secondary N) is 1. The molecule has 0 aliphatic carbocycles. The number of ether oxygens (including phenoxy) is 1. The van der Waals surface area contributed by atoms with Crippen LogP contribution in [0.5, 0.6) is 0 Å². The summed E-state index contributed by atoms with van der Waals surface area (Å²) in [5.74, 6) is -0.328. The Kier molecular flexibility index (Phi) is 2.59. The molecule has 4 heteroatoms. The van der Waals surface area contributed by atoms with Gasteiger partial charge in [-0.15, -0.1) is 11.8 Å². The highest BCUT2D eigenvalue weighted by molar-refractivity contribution is 7.98. The number of rotatable bonds is 2. The van der Waals surface area contributed by atoms with E-state index in [-0.39, 0.29) is 5.97 Å². The van der Waals surface area contributed by atoms with Gasteiger partial charge >= 0.3 is 5.97 Å². The van der Waals surface area contributed by atoms with Crippen molar-refractivity contribution in [2.24, 2.45) is 0 Å². The van der Waals surface area contributed by atoms with Crippen molar-refractivity contribution >= 4 is 17.7 Å². The number of esters is 1. The Morgan fingerprint density at radius 1 is 1.73 bits per heavy atom. The molecule has 0 aliphatic heterocycles. The van der Waals surface area contributed by atoms with Gasteiger partial charge < -0.3 is 9.72 Å². The average molecular weight is 171 g/mol. The van der Waals surface area contributed by atoms with E-state index in [1.54, 1.807) is 24.0 Å². The van der Waals surface area contributed by atoms with Crippen LogP contribution in [0.4, 0.5) is 0 Å². The molecule has 0 radical (unpaired) electrons. The van der Waals surface area contributed by atoms with Gasteiger partial charge in [-0.05, 0) is 12.3 Å². The largest absolute Gasteiger partial charge is 0.464 e. The summed E-state index contributed by atoms with van der Waals surface area (Å²) in [6, 6.07) is 1.76. The first-order valence-electron chi connectivity index (χ1n) is 3.08. The molecular weight excluding hydrogens is 162 g/mol. The van der Waals surface area contributed by atoms with Crippen LogP contribution in [0.15, 0.2) is 17.2 Å². The van der Waals surface area contributed by atoms with E-state index in [9.17, 15) is 4.79 Å². The van der Waals surface area contributed by atoms with Crippen molar-refractivity contribution in [3.63, 3.8) is 0 Å². The highest BCUT2D eigenvalue weighted by Crippen LogP contribution is 2.15. The van der Waals surface area contributed by atoms with E-state index in [2.05, 4.69) is 9.72 Å². The summed E-state index contributed by atoms with van der Waals surface area (Å²) in [4.78, 5) is 14.7. The van der Waals surface area contributed by atoms with Gasteiger partial charge in [-0.2, -0.15) is 0 Å². The third kappa shape index (κ3) is 1.77. The highest BCUT2D eigenvalue weighted by Gasteiger charge is 2.06. The molecule has 0 aromatic carbocycles. The van der Waals surface area contributed by atoms with Gasteiger partial charge in [0.05, 0.1) is 7.11 Å². The summed E-state index contributed by atoms with van der Waals surface area (Å²) in [5.41, 5.74) is 0.497. The second kappa shape index (κ2) is 3.48. The van der Waals surface area contributed by atoms with Crippen molar-refractivity contribution in [3.05, 3.63) is 18.0 Å². The molecule has 0 aliphatic rings. The molecule has 0 fully saturated rings. The fourth-order valence-electron chi connectivity index (χ4n) is 0.720. The molecule has 1 aromatic heterocycles. The predicted molar refractivity (Wildman–Crippen MR) is 43.9 cm³/mol. The summed E-state index contributed by atoms with van der Waals surface area (Å²) >= 11 is 1.58. The maximum absolute atomic E-state index is 10.9. The number of carbonyl (C=O) groups is 1. The van der Waals surface area contributed by atoms with Crippen LogP contribution in [0.1, 0.15) is 10.5 Å². The molecule has 0 bridgehead atoms. The molecule has 1 heterocycles. The molecule has 1 N–H and O–H groups in total. The smallest absolute Gasteiger partial charge is 0.354 e. The minimum Gasteiger partial charge on any atom is -0.464 e. The molecule has 0 unspecified atom stereocenters. The Balaban J connectivity index is 2.80. The van der Waals surface area contributed by atoms with Crippen LogP contribution in [0.2, 0.25) is 0 Å². The van der Waals surface area contributed by atoms with Crippen molar-refractivity contribution in [3.8, 4) is 0 Å². The second-order valence-corrected chi connectivity index (χ2v) is 2.82. The molecule has 0 saturated heterocycles. The summed E-state index contributed by atoms with van der Waals surface area (Å²) in [6.07, 6.45) is 3.72. The standard InChI is InChI=1S/C7H9NO2S/c1-10-7(9)6-3-5(11-2)4-8-6/h3-4,8H,1-2H3. The van der Waals surface area contributed by atoms with Crippen LogP contribution in [0, 0.1) is 0 Å². The summed E-state index contributed by atoms with van der Waals surface area (Å²) in [6.45, 7) is 0. The first-order valence-corrected chi connectivity index (χ1v) is 4.31. The van der Waals surface area contributed by atoms with Crippen LogP contribution >= 0.6 is 11.8 Å². The maximum Gasteiger partial charge on any atom is 0.354 e. The maximum atomic E-state index is 10.9. The van der Waals surface area contributed by atoms with Crippen molar-refractivity contribution in [1.29, 1.82) is 0 Å². The molecule has 0 spiro atoms. The van der Waals surface area contributed by atoms with Gasteiger partial charge in [-0.1, -0.05) is 0 Å². The van der Waals surface area contributed by atoms with Crippen molar-refractivity contribution in [2.45, 2.75) is 4.90 Å². The number of aromatic nitrogens is 1. The van der Waals surface area contributed by atoms with E-state index in [0.29, 0.717) is 5.69 Å². The number of carbonyl (C=O) groups excluding carboxylic acids is 1. The Labute approximate surface area is 69.1 Å². The van der Waals surface area contributed by atoms with Crippen LogP contribution in [0.3, 0.4) is 0 Å². The number of hydrogen-bond acceptors (Lipinski definition) is 3. The zero-order valence-corrected chi connectivity index (χ0v) is 7.20. The average Bonchev–Trinajstić information content (AvgIpc) is 2.50. The lowest BCUT2D eigenvalue weighted by molar-refractivity contribution is 0.0595. The fourth-order valence-corrected chi connectivity index (χ4v) is 1.13. The second-order valence-electron chi connectivity index (χ2n) is 1.94. The zero-order valence-electron chi connectivity index (χ0n) is 6.38. The minimum atomic E-state index is -0.328. The lowest BCUT2D eigenvalue weighted by Gasteiger charge is -1.91. The van der Waals surface area contributed by atoms with Gasteiger partial charge in [0, 0.05) is 11.1 Å². The minimum absolute atomic E-state index is 0.328. The van der Waals surface area contributed by atoms with Crippen LogP contribution < -0.4 is 0 Å². The molecule has 1 aromatic rings. The predicted octanol–water partition coefficient (Wildman–Crippen LogP) is 1.52. The van der Waals surface area contributed by atoms with E-state index in [1.165, 1.54) is 7.11 Å². The number of hydrogen-bond donors (Lipinski definition) is 1. The first-order chi connectivity index (χ1) is 5.27. The number of methoxy groups -OCH3 is 1. The SMILES string of the molecule is COC(=O)c1cc(SC)c[nH]1. The van der Waals surface area contributed by atoms with E-state index in [4.69, 9.17) is 0 Å². The number of H-pyrrole nitrogens is 1. The summed E-state index contributed by atoms with van der Waals surface area (Å²) in [7, 11) is 1.36. The third-order valence-electron chi connectivity index (χ3n) is 1.30. The van der Waals surface area contributed by atoms with E-state index in [1.807, 2.05) is 6.26 Å². The normalized spacial score (nSPS) is 9.64. The Hall–Kier alpha value is -0.900. The van der Waals surface area contributed by atoms with Crippen LogP contribution in [-0.4, -0.2) is 24.3 Å². The van der Waals surface area contributed by atoms with Gasteiger partial charge in [0.25, 0.3) is 0 Å². The molecule has 11 heavy (non-hydrogen) atoms. The number of aromatic amines is 1. The summed E-state index contributed by atoms with van der Waals surface area (Å²) in [5, 5.41) is 0. The Morgan fingerprint density at radius 2 is 2.45 bits per heavy atom. The lowest BCUT2D eigenvalue weighted by Crippen LogP contribution is -2.00. The summed E-state index contributed by atoms with van der Waals surface area (Å²) < 4.78 is 4.51. The third-order valence-corrected chi connectivity index (χ3v) is 2.00. The molecule has 0 atom stereocenters. The Bertz CT molecular complexity index is 257. The first kappa shape index (κ1) is 8.20. The van der Waals surface area contributed by atoms with Crippen molar-refractivity contribution in [1.82, 2.24) is 4.98 Å². The van der Waals surface area contributed by atoms with Crippen molar-refractivity contribution < 1.29 is 9.53 Å². The topological polar surface area (TPSA) is 42.1 Å². The molecular formula is C7H9NO2S. The van der Waals surface area contributed by atoms with Gasteiger partial charge in [-0.25, -0.2) is 4.79 Å². The monoisotopic (exact) mass is 171 g/mol. The molecule has 1 rings (SSSR count). The quantitative estimate of drug-likeness (QED) is 0.542. The van der Waals surface area contributed by atoms with E-state index < -0.39 is 0 Å². The highest BCUT2D eigenvalue weighted by atomic mass is 32.2. The van der Waals surface area contributed by atoms with Crippen molar-refractivity contribution in [2.75, 3.05) is 13.4 Å². The van der Waals surface area contributed by atoms with Crippen LogP contribution in [0.25, 0.3) is 0 Å². The van der Waals surface area contributed by atoms with E-state index >= 15 is 0 Å². The molecule has 3 nitrogen and oxygen atoms in total. The van der Waals surface area contributed by atoms with Gasteiger partial charge in [0.15, 0.2) is 0 Å². The molecule has 0 saturated carbocycles.